The molecule has 0 aliphatic heterocycles. The van der Waals surface area contributed by atoms with Gasteiger partial charge in [0.2, 0.25) is 0 Å². The number of nitrogens with two attached hydrogens (primary N) is 1. The summed E-state index contributed by atoms with van der Waals surface area (Å²) in [5.74, 6) is 1.52. The van der Waals surface area contributed by atoms with Crippen LogP contribution in [0.2, 0.25) is 0 Å². The zero-order valence-electron chi connectivity index (χ0n) is 10.9. The zero-order valence-corrected chi connectivity index (χ0v) is 12.5. The van der Waals surface area contributed by atoms with Gasteiger partial charge in [0.25, 0.3) is 0 Å². The number of ether oxygens (including phenoxy) is 2. The first-order valence-corrected chi connectivity index (χ1v) is 6.80. The molecule has 0 heterocycles. The monoisotopic (exact) mass is 313 g/mol. The van der Waals surface area contributed by atoms with Crippen LogP contribution in [0.15, 0.2) is 29.3 Å². The molecule has 0 spiro atoms. The molecule has 0 aliphatic rings. The fraction of sp³-hybridized carbons (Fsp3) is 0.429. The molecule has 4 heteroatoms. The third kappa shape index (κ3) is 4.70. The summed E-state index contributed by atoms with van der Waals surface area (Å²) in [7, 11) is 0. The Bertz CT molecular complexity index is 405. The molecule has 1 unspecified atom stereocenters. The van der Waals surface area contributed by atoms with E-state index in [4.69, 9.17) is 15.2 Å². The van der Waals surface area contributed by atoms with Crippen molar-refractivity contribution in [2.24, 2.45) is 5.73 Å². The molecule has 1 atom stereocenters. The van der Waals surface area contributed by atoms with Crippen molar-refractivity contribution >= 4 is 15.9 Å². The first-order valence-electron chi connectivity index (χ1n) is 6.01. The second kappa shape index (κ2) is 7.44. The Morgan fingerprint density at radius 2 is 2.17 bits per heavy atom. The van der Waals surface area contributed by atoms with Crippen molar-refractivity contribution < 1.29 is 9.47 Å². The Morgan fingerprint density at radius 1 is 1.44 bits per heavy atom. The van der Waals surface area contributed by atoms with Crippen LogP contribution in [0, 0.1) is 0 Å². The molecule has 0 saturated heterocycles. The number of hydrogen-bond acceptors (Lipinski definition) is 3. The molecular weight excluding hydrogens is 294 g/mol. The smallest absolute Gasteiger partial charge is 0.164 e. The molecule has 3 nitrogen and oxygen atoms in total. The summed E-state index contributed by atoms with van der Waals surface area (Å²) in [5, 5.41) is 0. The summed E-state index contributed by atoms with van der Waals surface area (Å²) in [6.45, 7) is 8.70. The lowest BCUT2D eigenvalue weighted by Crippen LogP contribution is -2.18. The van der Waals surface area contributed by atoms with E-state index >= 15 is 0 Å². The minimum absolute atomic E-state index is 0.0800. The number of para-hydroxylation sites is 1. The van der Waals surface area contributed by atoms with Crippen molar-refractivity contribution in [3.63, 3.8) is 0 Å². The predicted molar refractivity (Wildman–Crippen MR) is 78.5 cm³/mol. The van der Waals surface area contributed by atoms with Gasteiger partial charge in [-0.2, -0.15) is 0 Å². The SMILES string of the molecule is C=C(Br)COc1c(CC(C)N)cccc1OCC. The average molecular weight is 314 g/mol. The van der Waals surface area contributed by atoms with Crippen molar-refractivity contribution in [2.45, 2.75) is 26.3 Å². The van der Waals surface area contributed by atoms with Gasteiger partial charge in [0.15, 0.2) is 11.5 Å². The van der Waals surface area contributed by atoms with Gasteiger partial charge < -0.3 is 15.2 Å². The van der Waals surface area contributed by atoms with Gasteiger partial charge in [0, 0.05) is 10.5 Å². The molecule has 0 fully saturated rings. The Balaban J connectivity index is 2.99. The molecule has 100 valence electrons. The van der Waals surface area contributed by atoms with Crippen molar-refractivity contribution in [1.82, 2.24) is 0 Å². The van der Waals surface area contributed by atoms with Crippen molar-refractivity contribution in [2.75, 3.05) is 13.2 Å². The van der Waals surface area contributed by atoms with E-state index < -0.39 is 0 Å². The highest BCUT2D eigenvalue weighted by atomic mass is 79.9. The fourth-order valence-electron chi connectivity index (χ4n) is 1.65. The number of benzene rings is 1. The second-order valence-electron chi connectivity index (χ2n) is 4.16. The summed E-state index contributed by atoms with van der Waals surface area (Å²) in [6, 6.07) is 5.95. The van der Waals surface area contributed by atoms with Gasteiger partial charge in [-0.1, -0.05) is 34.6 Å². The van der Waals surface area contributed by atoms with E-state index in [1.807, 2.05) is 32.0 Å². The van der Waals surface area contributed by atoms with E-state index in [0.717, 1.165) is 28.0 Å². The van der Waals surface area contributed by atoms with Crippen LogP contribution < -0.4 is 15.2 Å². The Morgan fingerprint density at radius 3 is 2.72 bits per heavy atom. The highest BCUT2D eigenvalue weighted by Gasteiger charge is 2.12. The van der Waals surface area contributed by atoms with E-state index in [0.29, 0.717) is 13.2 Å². The molecule has 0 amide bonds. The summed E-state index contributed by atoms with van der Waals surface area (Å²) in [5.41, 5.74) is 6.91. The largest absolute Gasteiger partial charge is 0.490 e. The van der Waals surface area contributed by atoms with Crippen LogP contribution in [0.5, 0.6) is 11.5 Å². The standard InChI is InChI=1S/C14H20BrNO2/c1-4-17-13-7-5-6-12(8-11(3)16)14(13)18-9-10(2)15/h5-7,11H,2,4,8-9,16H2,1,3H3. The maximum absolute atomic E-state index is 5.85. The Kier molecular flexibility index (Phi) is 6.22. The molecule has 0 aliphatic carbocycles. The first kappa shape index (κ1) is 15.1. The van der Waals surface area contributed by atoms with Crippen LogP contribution in [0.25, 0.3) is 0 Å². The lowest BCUT2D eigenvalue weighted by atomic mass is 10.1. The molecule has 18 heavy (non-hydrogen) atoms. The first-order chi connectivity index (χ1) is 8.54. The molecule has 0 radical (unpaired) electrons. The van der Waals surface area contributed by atoms with E-state index in [1.54, 1.807) is 0 Å². The molecule has 1 aromatic carbocycles. The van der Waals surface area contributed by atoms with Gasteiger partial charge in [-0.3, -0.25) is 0 Å². The molecule has 2 N–H and O–H groups in total. The quantitative estimate of drug-likeness (QED) is 0.840. The van der Waals surface area contributed by atoms with Gasteiger partial charge in [-0.15, -0.1) is 0 Å². The highest BCUT2D eigenvalue weighted by Crippen LogP contribution is 2.32. The van der Waals surface area contributed by atoms with Gasteiger partial charge in [0.1, 0.15) is 6.61 Å². The summed E-state index contributed by atoms with van der Waals surface area (Å²) < 4.78 is 12.1. The highest BCUT2D eigenvalue weighted by molar-refractivity contribution is 9.11. The van der Waals surface area contributed by atoms with Gasteiger partial charge in [-0.05, 0) is 31.9 Å². The zero-order chi connectivity index (χ0) is 13.5. The van der Waals surface area contributed by atoms with E-state index in [1.165, 1.54) is 0 Å². The molecule has 1 rings (SSSR count). The van der Waals surface area contributed by atoms with E-state index in [2.05, 4.69) is 22.5 Å². The summed E-state index contributed by atoms with van der Waals surface area (Å²) in [4.78, 5) is 0. The lowest BCUT2D eigenvalue weighted by Gasteiger charge is -2.16. The van der Waals surface area contributed by atoms with Gasteiger partial charge in [-0.25, -0.2) is 0 Å². The van der Waals surface area contributed by atoms with Crippen LogP contribution in [0.1, 0.15) is 19.4 Å². The van der Waals surface area contributed by atoms with Crippen LogP contribution in [0.4, 0.5) is 0 Å². The molecule has 0 saturated carbocycles. The second-order valence-corrected chi connectivity index (χ2v) is 5.29. The number of hydrogen-bond donors (Lipinski definition) is 1. The lowest BCUT2D eigenvalue weighted by molar-refractivity contribution is 0.293. The minimum Gasteiger partial charge on any atom is -0.490 e. The number of rotatable bonds is 7. The van der Waals surface area contributed by atoms with Crippen molar-refractivity contribution in [1.29, 1.82) is 0 Å². The molecule has 1 aromatic rings. The predicted octanol–water partition coefficient (Wildman–Crippen LogP) is 3.26. The van der Waals surface area contributed by atoms with Crippen molar-refractivity contribution in [3.05, 3.63) is 34.8 Å². The topological polar surface area (TPSA) is 44.5 Å². The maximum atomic E-state index is 5.85. The molecule has 0 aromatic heterocycles. The van der Waals surface area contributed by atoms with Gasteiger partial charge in [0.05, 0.1) is 6.61 Å². The van der Waals surface area contributed by atoms with Crippen molar-refractivity contribution in [3.8, 4) is 11.5 Å². The minimum atomic E-state index is 0.0800. The van der Waals surface area contributed by atoms with Crippen LogP contribution in [0.3, 0.4) is 0 Å². The summed E-state index contributed by atoms with van der Waals surface area (Å²) >= 11 is 3.29. The maximum Gasteiger partial charge on any atom is 0.164 e. The van der Waals surface area contributed by atoms with Gasteiger partial charge >= 0.3 is 0 Å². The third-order valence-electron chi connectivity index (χ3n) is 2.28. The Hall–Kier alpha value is -1.00. The normalized spacial score (nSPS) is 12.0. The summed E-state index contributed by atoms with van der Waals surface area (Å²) in [6.07, 6.45) is 0.755. The molecular formula is C14H20BrNO2. The van der Waals surface area contributed by atoms with E-state index in [-0.39, 0.29) is 6.04 Å². The van der Waals surface area contributed by atoms with E-state index in [9.17, 15) is 0 Å². The Labute approximate surface area is 117 Å². The van der Waals surface area contributed by atoms with Crippen LogP contribution >= 0.6 is 15.9 Å². The molecule has 0 bridgehead atoms. The third-order valence-corrected chi connectivity index (χ3v) is 2.50. The van der Waals surface area contributed by atoms with Crippen LogP contribution in [-0.2, 0) is 6.42 Å². The number of halogens is 1. The fourth-order valence-corrected chi connectivity index (χ4v) is 1.77. The van der Waals surface area contributed by atoms with Crippen LogP contribution in [-0.4, -0.2) is 19.3 Å². The average Bonchev–Trinajstić information content (AvgIpc) is 2.27.